The lowest BCUT2D eigenvalue weighted by atomic mass is 10.0. The molecular formula is C22H25Cl2N3O2S. The lowest BCUT2D eigenvalue weighted by molar-refractivity contribution is -0.129. The van der Waals surface area contributed by atoms with E-state index >= 15 is 0 Å². The quantitative estimate of drug-likeness (QED) is 0.695. The van der Waals surface area contributed by atoms with Crippen molar-refractivity contribution in [3.63, 3.8) is 0 Å². The van der Waals surface area contributed by atoms with Gasteiger partial charge >= 0.3 is 0 Å². The van der Waals surface area contributed by atoms with Gasteiger partial charge in [0.05, 0.1) is 22.5 Å². The van der Waals surface area contributed by atoms with Gasteiger partial charge in [-0.05, 0) is 42.0 Å². The average Bonchev–Trinajstić information content (AvgIpc) is 3.37. The second-order valence-electron chi connectivity index (χ2n) is 8.06. The minimum absolute atomic E-state index is 0.0139. The standard InChI is InChI=1S/C22H25Cl2N3O2S/c23-19-4-3-15(10-20(19)24)12-26-7-5-17(6-8-26)25-22(29)16-11-21(28)27(13-16)14-18-2-1-9-30-18/h1-4,9-10,16-17H,5-8,11-14H2,(H,25,29). The molecular weight excluding hydrogens is 441 g/mol. The molecule has 2 aliphatic rings. The van der Waals surface area contributed by atoms with E-state index in [1.54, 1.807) is 16.2 Å². The van der Waals surface area contributed by atoms with Gasteiger partial charge in [0.15, 0.2) is 0 Å². The highest BCUT2D eigenvalue weighted by Gasteiger charge is 2.35. The third-order valence-corrected chi connectivity index (χ3v) is 7.44. The van der Waals surface area contributed by atoms with E-state index in [4.69, 9.17) is 23.2 Å². The summed E-state index contributed by atoms with van der Waals surface area (Å²) in [5.41, 5.74) is 1.14. The smallest absolute Gasteiger partial charge is 0.225 e. The summed E-state index contributed by atoms with van der Waals surface area (Å²) in [5, 5.41) is 6.34. The predicted molar refractivity (Wildman–Crippen MR) is 121 cm³/mol. The number of hydrogen-bond acceptors (Lipinski definition) is 4. The summed E-state index contributed by atoms with van der Waals surface area (Å²) >= 11 is 13.7. The van der Waals surface area contributed by atoms with Gasteiger partial charge < -0.3 is 10.2 Å². The van der Waals surface area contributed by atoms with Gasteiger partial charge in [-0.25, -0.2) is 0 Å². The zero-order chi connectivity index (χ0) is 21.1. The number of piperidine rings is 1. The van der Waals surface area contributed by atoms with Crippen LogP contribution < -0.4 is 5.32 Å². The van der Waals surface area contributed by atoms with Crippen LogP contribution in [0.4, 0.5) is 0 Å². The Hall–Kier alpha value is -1.60. The van der Waals surface area contributed by atoms with Gasteiger partial charge in [0, 0.05) is 43.5 Å². The second kappa shape index (κ2) is 9.69. The number of nitrogens with zero attached hydrogens (tertiary/aromatic N) is 2. The van der Waals surface area contributed by atoms with E-state index in [-0.39, 0.29) is 23.8 Å². The van der Waals surface area contributed by atoms with Gasteiger partial charge in [-0.1, -0.05) is 35.3 Å². The van der Waals surface area contributed by atoms with Crippen LogP contribution in [0, 0.1) is 5.92 Å². The van der Waals surface area contributed by atoms with Crippen LogP contribution in [0.1, 0.15) is 29.7 Å². The van der Waals surface area contributed by atoms with Crippen molar-refractivity contribution >= 4 is 46.4 Å². The number of rotatable bonds is 6. The van der Waals surface area contributed by atoms with E-state index in [2.05, 4.69) is 10.2 Å². The van der Waals surface area contributed by atoms with Crippen LogP contribution in [0.15, 0.2) is 35.7 Å². The lowest BCUT2D eigenvalue weighted by Gasteiger charge is -2.33. The largest absolute Gasteiger partial charge is 0.353 e. The Morgan fingerprint density at radius 2 is 1.93 bits per heavy atom. The van der Waals surface area contributed by atoms with Crippen LogP contribution in [0.25, 0.3) is 0 Å². The molecule has 3 heterocycles. The molecule has 0 aliphatic carbocycles. The minimum atomic E-state index is -0.244. The van der Waals surface area contributed by atoms with Crippen LogP contribution in [0.3, 0.4) is 0 Å². The number of hydrogen-bond donors (Lipinski definition) is 1. The van der Waals surface area contributed by atoms with Gasteiger partial charge in [-0.3, -0.25) is 14.5 Å². The van der Waals surface area contributed by atoms with Gasteiger partial charge in [0.2, 0.25) is 11.8 Å². The van der Waals surface area contributed by atoms with Crippen molar-refractivity contribution in [2.75, 3.05) is 19.6 Å². The highest BCUT2D eigenvalue weighted by atomic mass is 35.5. The summed E-state index contributed by atoms with van der Waals surface area (Å²) in [5.74, 6) is -0.161. The molecule has 0 saturated carbocycles. The first-order chi connectivity index (χ1) is 14.5. The summed E-state index contributed by atoms with van der Waals surface area (Å²) in [6, 6.07) is 9.92. The van der Waals surface area contributed by atoms with Crippen molar-refractivity contribution in [3.05, 3.63) is 56.2 Å². The van der Waals surface area contributed by atoms with Crippen molar-refractivity contribution in [2.24, 2.45) is 5.92 Å². The number of halogens is 2. The summed E-state index contributed by atoms with van der Waals surface area (Å²) in [4.78, 5) is 30.3. The highest BCUT2D eigenvalue weighted by molar-refractivity contribution is 7.09. The maximum absolute atomic E-state index is 12.7. The fourth-order valence-corrected chi connectivity index (χ4v) is 5.18. The van der Waals surface area contributed by atoms with Crippen LogP contribution in [-0.4, -0.2) is 47.3 Å². The van der Waals surface area contributed by atoms with Crippen LogP contribution in [0.2, 0.25) is 10.0 Å². The summed E-state index contributed by atoms with van der Waals surface area (Å²) < 4.78 is 0. The number of nitrogens with one attached hydrogen (secondary N) is 1. The van der Waals surface area contributed by atoms with Gasteiger partial charge in [-0.15, -0.1) is 11.3 Å². The van der Waals surface area contributed by atoms with Crippen molar-refractivity contribution in [1.82, 2.24) is 15.1 Å². The molecule has 2 aromatic rings. The fourth-order valence-electron chi connectivity index (χ4n) is 4.14. The SMILES string of the molecule is O=C(NC1CCN(Cc2ccc(Cl)c(Cl)c2)CC1)C1CC(=O)N(Cc2cccs2)C1. The number of carbonyl (C=O) groups excluding carboxylic acids is 2. The molecule has 1 aromatic carbocycles. The first kappa shape index (κ1) is 21.6. The lowest BCUT2D eigenvalue weighted by Crippen LogP contribution is -2.46. The molecule has 0 bridgehead atoms. The third kappa shape index (κ3) is 5.35. The Bertz CT molecular complexity index is 898. The summed E-state index contributed by atoms with van der Waals surface area (Å²) in [7, 11) is 0. The molecule has 5 nitrogen and oxygen atoms in total. The maximum Gasteiger partial charge on any atom is 0.225 e. The van der Waals surface area contributed by atoms with Gasteiger partial charge in [-0.2, -0.15) is 0 Å². The van der Waals surface area contributed by atoms with Crippen LogP contribution in [-0.2, 0) is 22.7 Å². The fraction of sp³-hybridized carbons (Fsp3) is 0.455. The topological polar surface area (TPSA) is 52.7 Å². The van der Waals surface area contributed by atoms with E-state index in [0.29, 0.717) is 29.6 Å². The summed E-state index contributed by atoms with van der Waals surface area (Å²) in [6.45, 7) is 3.77. The van der Waals surface area contributed by atoms with E-state index in [9.17, 15) is 9.59 Å². The Morgan fingerprint density at radius 3 is 2.63 bits per heavy atom. The zero-order valence-electron chi connectivity index (χ0n) is 16.7. The van der Waals surface area contributed by atoms with Crippen LogP contribution in [0.5, 0.6) is 0 Å². The van der Waals surface area contributed by atoms with Crippen molar-refractivity contribution in [2.45, 2.75) is 38.4 Å². The van der Waals surface area contributed by atoms with Crippen molar-refractivity contribution in [1.29, 1.82) is 0 Å². The first-order valence-corrected chi connectivity index (χ1v) is 11.9. The minimum Gasteiger partial charge on any atom is -0.353 e. The van der Waals surface area contributed by atoms with E-state index in [0.717, 1.165) is 42.9 Å². The molecule has 160 valence electrons. The molecule has 2 amide bonds. The Balaban J connectivity index is 1.22. The Morgan fingerprint density at radius 1 is 1.13 bits per heavy atom. The molecule has 2 fully saturated rings. The summed E-state index contributed by atoms with van der Waals surface area (Å²) in [6.07, 6.45) is 2.13. The monoisotopic (exact) mass is 465 g/mol. The normalized spacial score (nSPS) is 20.7. The molecule has 2 saturated heterocycles. The molecule has 2 aliphatic heterocycles. The first-order valence-electron chi connectivity index (χ1n) is 10.2. The number of likely N-dealkylation sites (tertiary alicyclic amines) is 2. The van der Waals surface area contributed by atoms with E-state index in [1.165, 1.54) is 0 Å². The van der Waals surface area contributed by atoms with Crippen molar-refractivity contribution in [3.8, 4) is 0 Å². The third-order valence-electron chi connectivity index (χ3n) is 5.84. The van der Waals surface area contributed by atoms with E-state index in [1.807, 2.05) is 35.7 Å². The maximum atomic E-state index is 12.7. The van der Waals surface area contributed by atoms with Gasteiger partial charge in [0.25, 0.3) is 0 Å². The number of amides is 2. The predicted octanol–water partition coefficient (Wildman–Crippen LogP) is 4.18. The number of thiophene rings is 1. The highest BCUT2D eigenvalue weighted by Crippen LogP contribution is 2.25. The molecule has 4 rings (SSSR count). The molecule has 8 heteroatoms. The molecule has 0 radical (unpaired) electrons. The van der Waals surface area contributed by atoms with Crippen molar-refractivity contribution < 1.29 is 9.59 Å². The molecule has 0 spiro atoms. The second-order valence-corrected chi connectivity index (χ2v) is 9.91. The van der Waals surface area contributed by atoms with Gasteiger partial charge in [0.1, 0.15) is 0 Å². The number of benzene rings is 1. The molecule has 1 N–H and O–H groups in total. The molecule has 1 unspecified atom stereocenters. The molecule has 1 atom stereocenters. The average molecular weight is 466 g/mol. The molecule has 30 heavy (non-hydrogen) atoms. The number of carbonyl (C=O) groups is 2. The Labute approximate surface area is 190 Å². The van der Waals surface area contributed by atoms with E-state index < -0.39 is 0 Å². The zero-order valence-corrected chi connectivity index (χ0v) is 19.0. The van der Waals surface area contributed by atoms with Crippen LogP contribution >= 0.6 is 34.5 Å². The molecule has 1 aromatic heterocycles. The Kier molecular flexibility index (Phi) is 6.98.